The molecule has 0 spiro atoms. The summed E-state index contributed by atoms with van der Waals surface area (Å²) in [6.07, 6.45) is 3.06. The van der Waals surface area contributed by atoms with Gasteiger partial charge in [0.1, 0.15) is 0 Å². The van der Waals surface area contributed by atoms with Crippen LogP contribution in [0.4, 0.5) is 5.69 Å². The van der Waals surface area contributed by atoms with Crippen molar-refractivity contribution >= 4 is 21.5 Å². The van der Waals surface area contributed by atoms with Gasteiger partial charge in [-0.25, -0.2) is 0 Å². The zero-order chi connectivity index (χ0) is 21.4. The predicted octanol–water partition coefficient (Wildman–Crippen LogP) is 4.00. The van der Waals surface area contributed by atoms with Gasteiger partial charge in [-0.05, 0) is 23.6 Å². The molecule has 0 aliphatic carbocycles. The highest BCUT2D eigenvalue weighted by atomic mass is 32.2. The maximum Gasteiger partial charge on any atom is 0.306 e. The first-order valence-corrected chi connectivity index (χ1v) is 11.4. The molecule has 1 aliphatic heterocycles. The van der Waals surface area contributed by atoms with Gasteiger partial charge in [0.2, 0.25) is 11.2 Å². The van der Waals surface area contributed by atoms with Crippen LogP contribution < -0.4 is 9.61 Å². The highest BCUT2D eigenvalue weighted by Crippen LogP contribution is 2.47. The van der Waals surface area contributed by atoms with Crippen molar-refractivity contribution in [3.05, 3.63) is 94.0 Å². The van der Waals surface area contributed by atoms with Crippen LogP contribution in [0.2, 0.25) is 0 Å². The Morgan fingerprint density at radius 3 is 2.43 bits per heavy atom. The molecule has 1 aliphatic rings. The lowest BCUT2D eigenvalue weighted by molar-refractivity contribution is 0.402. The van der Waals surface area contributed by atoms with Crippen molar-refractivity contribution in [3.8, 4) is 5.75 Å². The van der Waals surface area contributed by atoms with Crippen molar-refractivity contribution in [2.45, 2.75) is 25.2 Å². The lowest BCUT2D eigenvalue weighted by Gasteiger charge is -2.31. The summed E-state index contributed by atoms with van der Waals surface area (Å²) < 4.78 is 34.1. The van der Waals surface area contributed by atoms with Crippen LogP contribution in [-0.2, 0) is 22.0 Å². The minimum Gasteiger partial charge on any atom is -0.465 e. The van der Waals surface area contributed by atoms with Gasteiger partial charge in [0, 0.05) is 17.9 Å². The zero-order valence-electron chi connectivity index (χ0n) is 16.7. The minimum atomic E-state index is -3.90. The SMILES string of the molecule is CCC1(Cc2occc(=O)c2OS(C)(=O)=O)C(c2ccccc2)=Nc2ccccc21. The normalized spacial score (nSPS) is 18.0. The number of hydrogen-bond donors (Lipinski definition) is 0. The number of fused-ring (bicyclic) bond motifs is 1. The van der Waals surface area contributed by atoms with Gasteiger partial charge < -0.3 is 8.60 Å². The molecule has 1 unspecified atom stereocenters. The number of para-hydroxylation sites is 1. The lowest BCUT2D eigenvalue weighted by Crippen LogP contribution is -2.36. The third kappa shape index (κ3) is 3.57. The Kier molecular flexibility index (Phi) is 5.07. The van der Waals surface area contributed by atoms with Gasteiger partial charge in [0.05, 0.1) is 23.9 Å². The molecule has 30 heavy (non-hydrogen) atoms. The van der Waals surface area contributed by atoms with E-state index >= 15 is 0 Å². The molecular weight excluding hydrogens is 402 g/mol. The second kappa shape index (κ2) is 7.57. The van der Waals surface area contributed by atoms with E-state index in [0.717, 1.165) is 34.8 Å². The first-order valence-electron chi connectivity index (χ1n) is 9.58. The van der Waals surface area contributed by atoms with E-state index in [4.69, 9.17) is 13.6 Å². The monoisotopic (exact) mass is 423 g/mol. The summed E-state index contributed by atoms with van der Waals surface area (Å²) in [6.45, 7) is 2.04. The molecule has 2 aromatic carbocycles. The molecule has 6 nitrogen and oxygen atoms in total. The standard InChI is InChI=1S/C23H21NO5S/c1-3-23(15-20-21(29-30(2,26)27)19(25)13-14-28-20)17-11-7-8-12-18(17)24-22(23)16-9-5-4-6-10-16/h4-14H,3,15H2,1-2H3. The van der Waals surface area contributed by atoms with Gasteiger partial charge in [0.25, 0.3) is 0 Å². The van der Waals surface area contributed by atoms with E-state index < -0.39 is 21.0 Å². The number of benzene rings is 2. The predicted molar refractivity (Wildman–Crippen MR) is 115 cm³/mol. The van der Waals surface area contributed by atoms with Crippen LogP contribution >= 0.6 is 0 Å². The number of rotatable bonds is 6. The van der Waals surface area contributed by atoms with Crippen LogP contribution in [0.25, 0.3) is 0 Å². The molecular formula is C23H21NO5S. The largest absolute Gasteiger partial charge is 0.465 e. The molecule has 0 radical (unpaired) electrons. The summed E-state index contributed by atoms with van der Waals surface area (Å²) in [5.41, 5.74) is 2.51. The molecule has 3 aromatic rings. The molecule has 1 atom stereocenters. The first-order chi connectivity index (χ1) is 14.3. The fraction of sp³-hybridized carbons (Fsp3) is 0.217. The van der Waals surface area contributed by atoms with Crippen LogP contribution in [0, 0.1) is 0 Å². The van der Waals surface area contributed by atoms with Crippen LogP contribution in [0.5, 0.6) is 5.75 Å². The third-order valence-electron chi connectivity index (χ3n) is 5.36. The van der Waals surface area contributed by atoms with Gasteiger partial charge in [0.15, 0.2) is 5.76 Å². The lowest BCUT2D eigenvalue weighted by atomic mass is 9.70. The molecule has 0 saturated heterocycles. The molecule has 7 heteroatoms. The average molecular weight is 423 g/mol. The zero-order valence-corrected chi connectivity index (χ0v) is 17.5. The van der Waals surface area contributed by atoms with Crippen molar-refractivity contribution < 1.29 is 17.0 Å². The molecule has 0 bridgehead atoms. The van der Waals surface area contributed by atoms with Crippen molar-refractivity contribution in [1.82, 2.24) is 0 Å². The van der Waals surface area contributed by atoms with E-state index in [9.17, 15) is 13.2 Å². The molecule has 1 aromatic heterocycles. The van der Waals surface area contributed by atoms with Crippen LogP contribution in [-0.4, -0.2) is 20.4 Å². The molecule has 0 fully saturated rings. The van der Waals surface area contributed by atoms with E-state index in [1.807, 2.05) is 61.5 Å². The Morgan fingerprint density at radius 2 is 1.73 bits per heavy atom. The fourth-order valence-electron chi connectivity index (χ4n) is 4.01. The van der Waals surface area contributed by atoms with Gasteiger partial charge in [-0.15, -0.1) is 0 Å². The second-order valence-corrected chi connectivity index (χ2v) is 8.86. The van der Waals surface area contributed by atoms with Crippen molar-refractivity contribution in [2.24, 2.45) is 4.99 Å². The molecule has 2 heterocycles. The van der Waals surface area contributed by atoms with E-state index in [1.165, 1.54) is 6.26 Å². The number of hydrogen-bond acceptors (Lipinski definition) is 6. The van der Waals surface area contributed by atoms with Crippen molar-refractivity contribution in [2.75, 3.05) is 6.26 Å². The van der Waals surface area contributed by atoms with E-state index in [2.05, 4.69) is 0 Å². The number of aliphatic imine (C=N–C) groups is 1. The summed E-state index contributed by atoms with van der Waals surface area (Å²) in [5.74, 6) is -0.125. The topological polar surface area (TPSA) is 85.9 Å². The van der Waals surface area contributed by atoms with Crippen molar-refractivity contribution in [1.29, 1.82) is 0 Å². The third-order valence-corrected chi connectivity index (χ3v) is 5.83. The first kappa shape index (κ1) is 20.1. The maximum absolute atomic E-state index is 12.4. The molecule has 0 N–H and O–H groups in total. The Balaban J connectivity index is 1.90. The minimum absolute atomic E-state index is 0.176. The smallest absolute Gasteiger partial charge is 0.306 e. The van der Waals surface area contributed by atoms with Gasteiger partial charge >= 0.3 is 10.1 Å². The maximum atomic E-state index is 12.4. The average Bonchev–Trinajstić information content (AvgIpc) is 3.05. The highest BCUT2D eigenvalue weighted by molar-refractivity contribution is 7.86. The van der Waals surface area contributed by atoms with Gasteiger partial charge in [-0.3, -0.25) is 9.79 Å². The molecule has 154 valence electrons. The van der Waals surface area contributed by atoms with Gasteiger partial charge in [-0.2, -0.15) is 8.42 Å². The summed E-state index contributed by atoms with van der Waals surface area (Å²) in [6, 6.07) is 18.8. The Labute approximate surface area is 175 Å². The van der Waals surface area contributed by atoms with Crippen LogP contribution in [0.1, 0.15) is 30.2 Å². The summed E-state index contributed by atoms with van der Waals surface area (Å²) in [4.78, 5) is 17.3. The van der Waals surface area contributed by atoms with E-state index in [0.29, 0.717) is 6.42 Å². The van der Waals surface area contributed by atoms with Crippen molar-refractivity contribution in [3.63, 3.8) is 0 Å². The molecule has 0 amide bonds. The fourth-order valence-corrected chi connectivity index (χ4v) is 4.49. The van der Waals surface area contributed by atoms with E-state index in [-0.39, 0.29) is 17.9 Å². The quantitative estimate of drug-likeness (QED) is 0.559. The molecule has 0 saturated carbocycles. The summed E-state index contributed by atoms with van der Waals surface area (Å²) >= 11 is 0. The Morgan fingerprint density at radius 1 is 1.03 bits per heavy atom. The number of nitrogens with zero attached hydrogens (tertiary/aromatic N) is 1. The van der Waals surface area contributed by atoms with E-state index in [1.54, 1.807) is 0 Å². The molecule has 4 rings (SSSR count). The van der Waals surface area contributed by atoms with Crippen LogP contribution in [0.15, 0.2) is 81.1 Å². The Hall–Kier alpha value is -3.19. The highest BCUT2D eigenvalue weighted by Gasteiger charge is 2.44. The summed E-state index contributed by atoms with van der Waals surface area (Å²) in [5, 5.41) is 0. The Bertz CT molecular complexity index is 1280. The van der Waals surface area contributed by atoms with Crippen LogP contribution in [0.3, 0.4) is 0 Å². The summed E-state index contributed by atoms with van der Waals surface area (Å²) in [7, 11) is -3.90. The van der Waals surface area contributed by atoms with Gasteiger partial charge in [-0.1, -0.05) is 55.5 Å². The second-order valence-electron chi connectivity index (χ2n) is 7.28.